The zero-order chi connectivity index (χ0) is 25.3. The Bertz CT molecular complexity index is 1050. The van der Waals surface area contributed by atoms with E-state index in [9.17, 15) is 0 Å². The second-order valence-corrected chi connectivity index (χ2v) is 11.8. The van der Waals surface area contributed by atoms with Crippen molar-refractivity contribution in [2.45, 2.75) is 96.5 Å². The second-order valence-electron chi connectivity index (χ2n) is 11.8. The van der Waals surface area contributed by atoms with Gasteiger partial charge in [0, 0.05) is 0 Å². The molecule has 0 saturated heterocycles. The van der Waals surface area contributed by atoms with E-state index < -0.39 is 0 Å². The zero-order valence-corrected chi connectivity index (χ0v) is 22.9. The molecule has 2 aliphatic rings. The quantitative estimate of drug-likeness (QED) is 0.241. The Morgan fingerprint density at radius 1 is 0.649 bits per heavy atom. The molecule has 1 heteroatoms. The lowest BCUT2D eigenvalue weighted by molar-refractivity contribution is 0.113. The smallest absolute Gasteiger partial charge is 0.119 e. The molecule has 0 aromatic heterocycles. The Hall–Kier alpha value is -2.54. The first-order valence-corrected chi connectivity index (χ1v) is 15.2. The third kappa shape index (κ3) is 7.28. The monoisotopic (exact) mass is 494 g/mol. The molecule has 0 aliphatic heterocycles. The first kappa shape index (κ1) is 26.1. The number of benzene rings is 3. The predicted molar refractivity (Wildman–Crippen MR) is 157 cm³/mol. The van der Waals surface area contributed by atoms with Crippen LogP contribution >= 0.6 is 0 Å². The number of fused-ring (bicyclic) bond motifs is 1. The van der Waals surface area contributed by atoms with Gasteiger partial charge in [-0.3, -0.25) is 0 Å². The average molecular weight is 495 g/mol. The van der Waals surface area contributed by atoms with Gasteiger partial charge in [-0.15, -0.1) is 0 Å². The average Bonchev–Trinajstić information content (AvgIpc) is 2.96. The Kier molecular flexibility index (Phi) is 9.38. The maximum absolute atomic E-state index is 5.96. The van der Waals surface area contributed by atoms with E-state index in [1.54, 1.807) is 5.56 Å². The Balaban J connectivity index is 1.09. The van der Waals surface area contributed by atoms with Crippen molar-refractivity contribution in [1.29, 1.82) is 0 Å². The molecule has 0 spiro atoms. The largest absolute Gasteiger partial charge is 0.489 e. The van der Waals surface area contributed by atoms with Crippen LogP contribution in [0, 0.1) is 17.8 Å². The van der Waals surface area contributed by atoms with Crippen molar-refractivity contribution in [3.63, 3.8) is 0 Å². The van der Waals surface area contributed by atoms with Gasteiger partial charge < -0.3 is 4.74 Å². The van der Waals surface area contributed by atoms with Gasteiger partial charge in [0.1, 0.15) is 12.4 Å². The maximum atomic E-state index is 5.96. The number of unbranched alkanes of at least 4 members (excludes halogenated alkanes) is 4. The van der Waals surface area contributed by atoms with Crippen molar-refractivity contribution in [3.05, 3.63) is 90.0 Å². The summed E-state index contributed by atoms with van der Waals surface area (Å²) < 4.78 is 5.96. The highest BCUT2D eigenvalue weighted by molar-refractivity contribution is 5.64. The normalized spacial score (nSPS) is 23.4. The molecule has 3 aromatic rings. The summed E-state index contributed by atoms with van der Waals surface area (Å²) in [6, 6.07) is 28.4. The Labute approximate surface area is 225 Å². The molecule has 4 atom stereocenters. The summed E-state index contributed by atoms with van der Waals surface area (Å²) in [5, 5.41) is 0. The summed E-state index contributed by atoms with van der Waals surface area (Å²) in [6.45, 7) is 2.92. The molecule has 0 heterocycles. The van der Waals surface area contributed by atoms with E-state index in [1.165, 1.54) is 93.7 Å². The Morgan fingerprint density at radius 2 is 1.32 bits per heavy atom. The number of hydrogen-bond acceptors (Lipinski definition) is 1. The Morgan fingerprint density at radius 3 is 2.08 bits per heavy atom. The molecule has 0 amide bonds. The highest BCUT2D eigenvalue weighted by atomic mass is 16.5. The highest BCUT2D eigenvalue weighted by Gasteiger charge is 2.35. The molecule has 2 saturated carbocycles. The summed E-state index contributed by atoms with van der Waals surface area (Å²) in [7, 11) is 0. The van der Waals surface area contributed by atoms with E-state index in [0.717, 1.165) is 29.4 Å². The van der Waals surface area contributed by atoms with E-state index in [0.29, 0.717) is 6.61 Å². The molecule has 37 heavy (non-hydrogen) atoms. The fourth-order valence-electron chi connectivity index (χ4n) is 7.02. The molecule has 0 radical (unpaired) electrons. The third-order valence-electron chi connectivity index (χ3n) is 9.26. The van der Waals surface area contributed by atoms with Crippen LogP contribution in [0.15, 0.2) is 78.9 Å². The van der Waals surface area contributed by atoms with Crippen LogP contribution in [-0.2, 0) is 6.61 Å². The number of hydrogen-bond donors (Lipinski definition) is 0. The van der Waals surface area contributed by atoms with Crippen LogP contribution < -0.4 is 4.74 Å². The molecule has 2 fully saturated rings. The minimum Gasteiger partial charge on any atom is -0.489 e. The third-order valence-corrected chi connectivity index (χ3v) is 9.26. The van der Waals surface area contributed by atoms with Crippen molar-refractivity contribution in [3.8, 4) is 16.9 Å². The van der Waals surface area contributed by atoms with Gasteiger partial charge in [-0.1, -0.05) is 119 Å². The van der Waals surface area contributed by atoms with Gasteiger partial charge in [0.2, 0.25) is 0 Å². The first-order chi connectivity index (χ1) is 18.3. The summed E-state index contributed by atoms with van der Waals surface area (Å²) in [5.74, 6) is 4.68. The fraction of sp³-hybridized carbons (Fsp3) is 0.500. The van der Waals surface area contributed by atoms with Gasteiger partial charge in [-0.2, -0.15) is 0 Å². The van der Waals surface area contributed by atoms with Gasteiger partial charge in [-0.05, 0) is 90.2 Å². The number of ether oxygens (including phenoxy) is 1. The molecule has 196 valence electrons. The molecule has 2 aliphatic carbocycles. The van der Waals surface area contributed by atoms with E-state index in [2.05, 4.69) is 79.7 Å². The van der Waals surface area contributed by atoms with Gasteiger partial charge in [0.05, 0.1) is 0 Å². The molecule has 1 nitrogen and oxygen atoms in total. The number of rotatable bonds is 11. The molecule has 4 unspecified atom stereocenters. The van der Waals surface area contributed by atoms with Crippen LogP contribution in [0.4, 0.5) is 0 Å². The highest BCUT2D eigenvalue weighted by Crippen LogP contribution is 2.48. The van der Waals surface area contributed by atoms with Gasteiger partial charge in [-0.25, -0.2) is 0 Å². The van der Waals surface area contributed by atoms with E-state index in [1.807, 2.05) is 6.07 Å². The van der Waals surface area contributed by atoms with E-state index in [-0.39, 0.29) is 0 Å². The lowest BCUT2D eigenvalue weighted by atomic mass is 9.63. The van der Waals surface area contributed by atoms with Crippen LogP contribution in [-0.4, -0.2) is 0 Å². The molecular formula is C36H46O. The summed E-state index contributed by atoms with van der Waals surface area (Å²) >= 11 is 0. The lowest BCUT2D eigenvalue weighted by Gasteiger charge is -2.42. The van der Waals surface area contributed by atoms with Crippen LogP contribution in [0.25, 0.3) is 11.1 Å². The second kappa shape index (κ2) is 13.3. The summed E-state index contributed by atoms with van der Waals surface area (Å²) in [4.78, 5) is 0. The molecule has 0 bridgehead atoms. The minimum absolute atomic E-state index is 0.609. The van der Waals surface area contributed by atoms with Crippen LogP contribution in [0.5, 0.6) is 5.75 Å². The van der Waals surface area contributed by atoms with Crippen molar-refractivity contribution < 1.29 is 4.74 Å². The lowest BCUT2D eigenvalue weighted by Crippen LogP contribution is -2.30. The van der Waals surface area contributed by atoms with E-state index in [4.69, 9.17) is 4.74 Å². The standard InChI is InChI=1S/C36H46O/c1-2-3-4-5-7-10-28-13-14-35-26-34(20-19-33(35)25-28)32-17-15-30(16-18-32)31-21-23-36(24-22-31)37-27-29-11-8-6-9-12-29/h6,8-9,11-12,15-18,21-24,28,33-35H,2-5,7,10,13-14,19-20,25-27H2,1H3. The molecule has 3 aromatic carbocycles. The van der Waals surface area contributed by atoms with Gasteiger partial charge in [0.15, 0.2) is 0 Å². The first-order valence-electron chi connectivity index (χ1n) is 15.2. The van der Waals surface area contributed by atoms with Crippen molar-refractivity contribution >= 4 is 0 Å². The minimum atomic E-state index is 0.609. The van der Waals surface area contributed by atoms with Gasteiger partial charge in [0.25, 0.3) is 0 Å². The van der Waals surface area contributed by atoms with Gasteiger partial charge >= 0.3 is 0 Å². The molecule has 5 rings (SSSR count). The van der Waals surface area contributed by atoms with Crippen molar-refractivity contribution in [2.24, 2.45) is 17.8 Å². The van der Waals surface area contributed by atoms with Crippen LogP contribution in [0.1, 0.15) is 101 Å². The van der Waals surface area contributed by atoms with Crippen molar-refractivity contribution in [2.75, 3.05) is 0 Å². The topological polar surface area (TPSA) is 9.23 Å². The summed E-state index contributed by atoms with van der Waals surface area (Å²) in [5.41, 5.74) is 5.31. The van der Waals surface area contributed by atoms with Crippen LogP contribution in [0.3, 0.4) is 0 Å². The zero-order valence-electron chi connectivity index (χ0n) is 22.9. The molecular weight excluding hydrogens is 448 g/mol. The predicted octanol–water partition coefficient (Wildman–Crippen LogP) is 10.6. The van der Waals surface area contributed by atoms with E-state index >= 15 is 0 Å². The summed E-state index contributed by atoms with van der Waals surface area (Å²) in [6.07, 6.45) is 17.4. The fourth-order valence-corrected chi connectivity index (χ4v) is 7.02. The van der Waals surface area contributed by atoms with Crippen molar-refractivity contribution in [1.82, 2.24) is 0 Å². The maximum Gasteiger partial charge on any atom is 0.119 e. The van der Waals surface area contributed by atoms with Crippen LogP contribution in [0.2, 0.25) is 0 Å². The molecule has 0 N–H and O–H groups in total. The SMILES string of the molecule is CCCCCCCC1CCC2CC(c3ccc(-c4ccc(OCc5ccccc5)cc4)cc3)CCC2C1.